The minimum atomic E-state index is -0.208. The molecule has 0 aliphatic carbocycles. The van der Waals surface area contributed by atoms with E-state index in [9.17, 15) is 4.79 Å². The maximum atomic E-state index is 12.1. The van der Waals surface area contributed by atoms with Crippen molar-refractivity contribution in [3.63, 3.8) is 0 Å². The summed E-state index contributed by atoms with van der Waals surface area (Å²) in [5.74, 6) is 0.509. The molecule has 0 spiro atoms. The Morgan fingerprint density at radius 3 is 2.45 bits per heavy atom. The summed E-state index contributed by atoms with van der Waals surface area (Å²) in [4.78, 5) is 12.1. The topological polar surface area (TPSA) is 64.3 Å². The van der Waals surface area contributed by atoms with Crippen molar-refractivity contribution in [1.82, 2.24) is 0 Å². The van der Waals surface area contributed by atoms with Crippen LogP contribution in [-0.4, -0.2) is 18.6 Å². The highest BCUT2D eigenvalue weighted by Gasteiger charge is 2.20. The molecule has 0 aliphatic rings. The largest absolute Gasteiger partial charge is 0.489 e. The second-order valence-electron chi connectivity index (χ2n) is 5.39. The number of halogens is 1. The summed E-state index contributed by atoms with van der Waals surface area (Å²) in [6, 6.07) is 5.21. The van der Waals surface area contributed by atoms with Crippen LogP contribution in [0.2, 0.25) is 5.02 Å². The van der Waals surface area contributed by atoms with Gasteiger partial charge in [-0.1, -0.05) is 25.4 Å². The molecular formula is C15H23ClN2O2. The SMILES string of the molecule is CC(C)Oc1ccc(NC(=O)C(CN)C(C)C)cc1Cl. The summed E-state index contributed by atoms with van der Waals surface area (Å²) in [5, 5.41) is 3.31. The van der Waals surface area contributed by atoms with Crippen LogP contribution in [0.4, 0.5) is 5.69 Å². The maximum Gasteiger partial charge on any atom is 0.229 e. The lowest BCUT2D eigenvalue weighted by molar-refractivity contribution is -0.120. The quantitative estimate of drug-likeness (QED) is 0.847. The summed E-state index contributed by atoms with van der Waals surface area (Å²) in [5.41, 5.74) is 6.28. The Balaban J connectivity index is 2.79. The molecule has 3 N–H and O–H groups in total. The predicted molar refractivity (Wildman–Crippen MR) is 83.2 cm³/mol. The Morgan fingerprint density at radius 2 is 2.00 bits per heavy atom. The lowest BCUT2D eigenvalue weighted by Crippen LogP contribution is -2.33. The summed E-state index contributed by atoms with van der Waals surface area (Å²) in [6.07, 6.45) is 0.0514. The molecule has 1 aromatic carbocycles. The number of rotatable bonds is 6. The highest BCUT2D eigenvalue weighted by Crippen LogP contribution is 2.28. The number of ether oxygens (including phenoxy) is 1. The molecule has 1 amide bonds. The van der Waals surface area contributed by atoms with Gasteiger partial charge in [0.2, 0.25) is 5.91 Å². The van der Waals surface area contributed by atoms with Crippen LogP contribution in [0.15, 0.2) is 18.2 Å². The zero-order valence-corrected chi connectivity index (χ0v) is 13.2. The summed E-state index contributed by atoms with van der Waals surface area (Å²) in [7, 11) is 0. The first-order valence-corrected chi connectivity index (χ1v) is 7.20. The van der Waals surface area contributed by atoms with Gasteiger partial charge >= 0.3 is 0 Å². The Bertz CT molecular complexity index is 461. The number of amides is 1. The maximum absolute atomic E-state index is 12.1. The zero-order valence-electron chi connectivity index (χ0n) is 12.4. The summed E-state index contributed by atoms with van der Waals surface area (Å²) in [6.45, 7) is 8.14. The minimum absolute atomic E-state index is 0.0514. The van der Waals surface area contributed by atoms with E-state index in [1.165, 1.54) is 0 Å². The van der Waals surface area contributed by atoms with Crippen molar-refractivity contribution in [3.8, 4) is 5.75 Å². The van der Waals surface area contributed by atoms with Crippen LogP contribution >= 0.6 is 11.6 Å². The van der Waals surface area contributed by atoms with E-state index in [0.717, 1.165) is 0 Å². The number of anilines is 1. The number of nitrogens with two attached hydrogens (primary N) is 1. The number of hydrogen-bond acceptors (Lipinski definition) is 3. The predicted octanol–water partition coefficient (Wildman–Crippen LogP) is 3.30. The molecule has 0 saturated heterocycles. The van der Waals surface area contributed by atoms with Crippen LogP contribution in [0.1, 0.15) is 27.7 Å². The van der Waals surface area contributed by atoms with Crippen LogP contribution in [0.3, 0.4) is 0 Å². The molecule has 0 saturated carbocycles. The smallest absolute Gasteiger partial charge is 0.229 e. The first-order valence-electron chi connectivity index (χ1n) is 6.82. The normalized spacial score (nSPS) is 12.6. The molecule has 1 unspecified atom stereocenters. The molecule has 0 radical (unpaired) electrons. The van der Waals surface area contributed by atoms with Gasteiger partial charge in [0.1, 0.15) is 5.75 Å². The lowest BCUT2D eigenvalue weighted by Gasteiger charge is -2.19. The highest BCUT2D eigenvalue weighted by atomic mass is 35.5. The minimum Gasteiger partial charge on any atom is -0.489 e. The van der Waals surface area contributed by atoms with Crippen molar-refractivity contribution in [2.45, 2.75) is 33.8 Å². The van der Waals surface area contributed by atoms with Crippen molar-refractivity contribution in [3.05, 3.63) is 23.2 Å². The van der Waals surface area contributed by atoms with Crippen molar-refractivity contribution >= 4 is 23.2 Å². The number of carbonyl (C=O) groups excluding carboxylic acids is 1. The van der Waals surface area contributed by atoms with Crippen LogP contribution in [0.25, 0.3) is 0 Å². The van der Waals surface area contributed by atoms with Crippen molar-refractivity contribution in [1.29, 1.82) is 0 Å². The zero-order chi connectivity index (χ0) is 15.3. The van der Waals surface area contributed by atoms with Gasteiger partial charge in [0.05, 0.1) is 17.0 Å². The molecule has 0 aliphatic heterocycles. The number of carbonyl (C=O) groups is 1. The number of hydrogen-bond donors (Lipinski definition) is 2. The molecule has 1 atom stereocenters. The molecule has 4 nitrogen and oxygen atoms in total. The average Bonchev–Trinajstić information content (AvgIpc) is 2.32. The van der Waals surface area contributed by atoms with E-state index in [1.54, 1.807) is 18.2 Å². The van der Waals surface area contributed by atoms with E-state index in [1.807, 2.05) is 27.7 Å². The molecule has 1 rings (SSSR count). The van der Waals surface area contributed by atoms with E-state index < -0.39 is 0 Å². The van der Waals surface area contributed by atoms with Gasteiger partial charge in [-0.15, -0.1) is 0 Å². The fraction of sp³-hybridized carbons (Fsp3) is 0.533. The Hall–Kier alpha value is -1.26. The van der Waals surface area contributed by atoms with E-state index in [-0.39, 0.29) is 23.8 Å². The molecule has 0 aromatic heterocycles. The summed E-state index contributed by atoms with van der Waals surface area (Å²) < 4.78 is 5.55. The van der Waals surface area contributed by atoms with Crippen LogP contribution in [0, 0.1) is 11.8 Å². The molecule has 5 heteroatoms. The third-order valence-corrected chi connectivity index (χ3v) is 3.25. The monoisotopic (exact) mass is 298 g/mol. The number of benzene rings is 1. The average molecular weight is 299 g/mol. The van der Waals surface area contributed by atoms with Gasteiger partial charge in [-0.2, -0.15) is 0 Å². The second kappa shape index (κ2) is 7.50. The Morgan fingerprint density at radius 1 is 1.35 bits per heavy atom. The van der Waals surface area contributed by atoms with Crippen LogP contribution < -0.4 is 15.8 Å². The molecule has 0 heterocycles. The van der Waals surface area contributed by atoms with E-state index in [2.05, 4.69) is 5.32 Å². The third kappa shape index (κ3) is 4.69. The number of nitrogens with one attached hydrogen (secondary N) is 1. The summed E-state index contributed by atoms with van der Waals surface area (Å²) >= 11 is 6.13. The van der Waals surface area contributed by atoms with E-state index in [0.29, 0.717) is 23.0 Å². The Labute approximate surface area is 125 Å². The standard InChI is InChI=1S/C15H23ClN2O2/c1-9(2)12(8-17)15(19)18-11-5-6-14(13(16)7-11)20-10(3)4/h5-7,9-10,12H,8,17H2,1-4H3,(H,18,19). The van der Waals surface area contributed by atoms with Crippen molar-refractivity contribution < 1.29 is 9.53 Å². The van der Waals surface area contributed by atoms with Gasteiger partial charge in [-0.3, -0.25) is 4.79 Å². The Kier molecular flexibility index (Phi) is 6.30. The van der Waals surface area contributed by atoms with E-state index >= 15 is 0 Å². The molecule has 0 fully saturated rings. The van der Waals surface area contributed by atoms with Gasteiger partial charge in [0, 0.05) is 12.2 Å². The third-order valence-electron chi connectivity index (χ3n) is 2.96. The first-order chi connectivity index (χ1) is 9.35. The highest BCUT2D eigenvalue weighted by molar-refractivity contribution is 6.32. The molecular weight excluding hydrogens is 276 g/mol. The molecule has 1 aromatic rings. The second-order valence-corrected chi connectivity index (χ2v) is 5.79. The van der Waals surface area contributed by atoms with Crippen molar-refractivity contribution in [2.24, 2.45) is 17.6 Å². The lowest BCUT2D eigenvalue weighted by atomic mass is 9.95. The molecule has 112 valence electrons. The van der Waals surface area contributed by atoms with Gasteiger partial charge < -0.3 is 15.8 Å². The fourth-order valence-electron chi connectivity index (χ4n) is 1.85. The van der Waals surface area contributed by atoms with Gasteiger partial charge in [-0.05, 0) is 38.0 Å². The van der Waals surface area contributed by atoms with Gasteiger partial charge in [0.25, 0.3) is 0 Å². The van der Waals surface area contributed by atoms with Crippen LogP contribution in [-0.2, 0) is 4.79 Å². The molecule has 0 bridgehead atoms. The first kappa shape index (κ1) is 16.8. The van der Waals surface area contributed by atoms with Crippen molar-refractivity contribution in [2.75, 3.05) is 11.9 Å². The van der Waals surface area contributed by atoms with Gasteiger partial charge in [0.15, 0.2) is 0 Å². The van der Waals surface area contributed by atoms with E-state index in [4.69, 9.17) is 22.1 Å². The van der Waals surface area contributed by atoms with Gasteiger partial charge in [-0.25, -0.2) is 0 Å². The fourth-order valence-corrected chi connectivity index (χ4v) is 2.07. The van der Waals surface area contributed by atoms with Crippen LogP contribution in [0.5, 0.6) is 5.75 Å². The molecule has 20 heavy (non-hydrogen) atoms.